The first-order valence-corrected chi connectivity index (χ1v) is 6.31. The first-order valence-electron chi connectivity index (χ1n) is 6.31. The number of hydrogen-bond donors (Lipinski definition) is 2. The summed E-state index contributed by atoms with van der Waals surface area (Å²) in [7, 11) is 0. The highest BCUT2D eigenvalue weighted by molar-refractivity contribution is 5.78. The first kappa shape index (κ1) is 19.2. The lowest BCUT2D eigenvalue weighted by molar-refractivity contribution is -0.921. The van der Waals surface area contributed by atoms with Gasteiger partial charge < -0.3 is 25.2 Å². The van der Waals surface area contributed by atoms with Crippen molar-refractivity contribution in [3.8, 4) is 0 Å². The Bertz CT molecular complexity index is 235. The molecule has 0 aliphatic rings. The van der Waals surface area contributed by atoms with Gasteiger partial charge in [0, 0.05) is 0 Å². The molecule has 0 radical (unpaired) electrons. The van der Waals surface area contributed by atoms with Gasteiger partial charge >= 0.3 is 5.97 Å². The number of rotatable bonds is 7. The molecule has 0 saturated carbocycles. The SMILES string of the molecule is CC[N+](CC)(CC)CC.N[C@@H](CC(=O)O)C(=O)[O-]. The standard InChI is InChI=1S/C8H20N.C4H7NO4/c1-5-9(6-2,7-3)8-4;5-2(4(8)9)1-3(6)7/h5-8H2,1-4H3;2H,1,5H2,(H,6,7)(H,8,9)/q+1;/p-1/t;2-/m.0/s1. The zero-order valence-corrected chi connectivity index (χ0v) is 11.8. The zero-order valence-electron chi connectivity index (χ0n) is 11.8. The summed E-state index contributed by atoms with van der Waals surface area (Å²) in [5.74, 6) is -2.79. The van der Waals surface area contributed by atoms with Gasteiger partial charge in [-0.2, -0.15) is 0 Å². The van der Waals surface area contributed by atoms with Crippen LogP contribution in [0.4, 0.5) is 0 Å². The molecule has 0 aromatic rings. The van der Waals surface area contributed by atoms with E-state index in [1.54, 1.807) is 0 Å². The molecule has 0 heterocycles. The monoisotopic (exact) mass is 262 g/mol. The highest BCUT2D eigenvalue weighted by Gasteiger charge is 2.16. The Morgan fingerprint density at radius 1 is 1.11 bits per heavy atom. The smallest absolute Gasteiger partial charge is 0.305 e. The summed E-state index contributed by atoms with van der Waals surface area (Å²) in [6.45, 7) is 14.2. The molecule has 18 heavy (non-hydrogen) atoms. The lowest BCUT2D eigenvalue weighted by Crippen LogP contribution is -2.47. The average Bonchev–Trinajstić information content (AvgIpc) is 2.32. The lowest BCUT2D eigenvalue weighted by Gasteiger charge is -2.34. The first-order chi connectivity index (χ1) is 8.28. The van der Waals surface area contributed by atoms with E-state index >= 15 is 0 Å². The molecule has 0 bridgehead atoms. The summed E-state index contributed by atoms with van der Waals surface area (Å²) in [5.41, 5.74) is 4.77. The van der Waals surface area contributed by atoms with Gasteiger partial charge in [0.1, 0.15) is 0 Å². The van der Waals surface area contributed by atoms with Crippen molar-refractivity contribution < 1.29 is 24.3 Å². The predicted octanol–water partition coefficient (Wildman–Crippen LogP) is -0.579. The molecule has 0 aromatic heterocycles. The Morgan fingerprint density at radius 3 is 1.50 bits per heavy atom. The van der Waals surface area contributed by atoms with E-state index in [1.165, 1.54) is 30.7 Å². The van der Waals surface area contributed by atoms with Crippen LogP contribution >= 0.6 is 0 Å². The molecular weight excluding hydrogens is 236 g/mol. The molecule has 0 spiro atoms. The van der Waals surface area contributed by atoms with Crippen LogP contribution in [0.25, 0.3) is 0 Å². The molecule has 0 rings (SSSR count). The lowest BCUT2D eigenvalue weighted by atomic mass is 10.2. The van der Waals surface area contributed by atoms with Crippen LogP contribution in [0.2, 0.25) is 0 Å². The van der Waals surface area contributed by atoms with Gasteiger partial charge in [0.05, 0.1) is 44.6 Å². The van der Waals surface area contributed by atoms with Crippen molar-refractivity contribution in [2.45, 2.75) is 40.2 Å². The molecule has 0 aromatic carbocycles. The molecule has 0 amide bonds. The summed E-state index contributed by atoms with van der Waals surface area (Å²) < 4.78 is 1.28. The van der Waals surface area contributed by atoms with Crippen molar-refractivity contribution in [3.63, 3.8) is 0 Å². The fourth-order valence-corrected chi connectivity index (χ4v) is 1.61. The second kappa shape index (κ2) is 9.85. The van der Waals surface area contributed by atoms with Crippen molar-refractivity contribution >= 4 is 11.9 Å². The molecule has 6 nitrogen and oxygen atoms in total. The fraction of sp³-hybridized carbons (Fsp3) is 0.833. The predicted molar refractivity (Wildman–Crippen MR) is 67.7 cm³/mol. The van der Waals surface area contributed by atoms with E-state index < -0.39 is 24.4 Å². The van der Waals surface area contributed by atoms with Crippen LogP contribution < -0.4 is 10.8 Å². The summed E-state index contributed by atoms with van der Waals surface area (Å²) in [6, 6.07) is -1.40. The minimum atomic E-state index is -1.54. The fourth-order valence-electron chi connectivity index (χ4n) is 1.61. The van der Waals surface area contributed by atoms with Gasteiger partial charge in [-0.05, 0) is 27.7 Å². The molecule has 6 heteroatoms. The summed E-state index contributed by atoms with van der Waals surface area (Å²) >= 11 is 0. The van der Waals surface area contributed by atoms with E-state index in [9.17, 15) is 14.7 Å². The Labute approximate surface area is 109 Å². The maximum atomic E-state index is 9.74. The normalized spacial score (nSPS) is 12.3. The van der Waals surface area contributed by atoms with Crippen molar-refractivity contribution in [1.29, 1.82) is 0 Å². The average molecular weight is 262 g/mol. The number of carboxylic acids is 2. The summed E-state index contributed by atoms with van der Waals surface area (Å²) in [4.78, 5) is 19.5. The highest BCUT2D eigenvalue weighted by atomic mass is 16.4. The Balaban J connectivity index is 0. The summed E-state index contributed by atoms with van der Waals surface area (Å²) in [6.07, 6.45) is -0.595. The van der Waals surface area contributed by atoms with Gasteiger partial charge in [0.25, 0.3) is 0 Å². The van der Waals surface area contributed by atoms with Crippen molar-refractivity contribution in [2.24, 2.45) is 5.73 Å². The van der Waals surface area contributed by atoms with Crippen LogP contribution in [0.5, 0.6) is 0 Å². The number of carbonyl (C=O) groups excluding carboxylic acids is 1. The van der Waals surface area contributed by atoms with Gasteiger partial charge in [-0.1, -0.05) is 0 Å². The van der Waals surface area contributed by atoms with E-state index in [2.05, 4.69) is 27.7 Å². The van der Waals surface area contributed by atoms with Crippen LogP contribution in [-0.4, -0.2) is 53.7 Å². The van der Waals surface area contributed by atoms with E-state index in [0.29, 0.717) is 0 Å². The number of nitrogens with two attached hydrogens (primary N) is 1. The Hall–Kier alpha value is -1.14. The van der Waals surface area contributed by atoms with Gasteiger partial charge in [-0.25, -0.2) is 0 Å². The number of carbonyl (C=O) groups is 2. The Kier molecular flexibility index (Phi) is 10.5. The van der Waals surface area contributed by atoms with Gasteiger partial charge in [-0.15, -0.1) is 0 Å². The molecule has 3 N–H and O–H groups in total. The molecule has 108 valence electrons. The van der Waals surface area contributed by atoms with E-state index in [0.717, 1.165) is 0 Å². The number of carboxylic acid groups (broad SMARTS) is 2. The molecule has 0 fully saturated rings. The minimum absolute atomic E-state index is 0.595. The molecule has 0 aliphatic heterocycles. The third kappa shape index (κ3) is 8.03. The van der Waals surface area contributed by atoms with Crippen molar-refractivity contribution in [3.05, 3.63) is 0 Å². The van der Waals surface area contributed by atoms with Gasteiger partial charge in [-0.3, -0.25) is 4.79 Å². The van der Waals surface area contributed by atoms with Crippen LogP contribution in [0.15, 0.2) is 0 Å². The second-order valence-electron chi connectivity index (χ2n) is 4.13. The molecule has 0 unspecified atom stereocenters. The highest BCUT2D eigenvalue weighted by Crippen LogP contribution is 2.03. The number of aliphatic carboxylic acids is 2. The van der Waals surface area contributed by atoms with E-state index in [4.69, 9.17) is 10.8 Å². The topological polar surface area (TPSA) is 103 Å². The number of quaternary nitrogens is 1. The maximum Gasteiger partial charge on any atom is 0.305 e. The molecule has 0 saturated heterocycles. The van der Waals surface area contributed by atoms with E-state index in [-0.39, 0.29) is 0 Å². The van der Waals surface area contributed by atoms with Crippen molar-refractivity contribution in [2.75, 3.05) is 26.2 Å². The third-order valence-corrected chi connectivity index (χ3v) is 3.38. The molecule has 1 atom stereocenters. The van der Waals surface area contributed by atoms with Crippen LogP contribution in [0, 0.1) is 0 Å². The van der Waals surface area contributed by atoms with Crippen LogP contribution in [0.1, 0.15) is 34.1 Å². The van der Waals surface area contributed by atoms with E-state index in [1.807, 2.05) is 0 Å². The van der Waals surface area contributed by atoms with Gasteiger partial charge in [0.2, 0.25) is 0 Å². The largest absolute Gasteiger partial charge is 0.548 e. The van der Waals surface area contributed by atoms with Crippen molar-refractivity contribution in [1.82, 2.24) is 0 Å². The molecule has 0 aliphatic carbocycles. The summed E-state index contributed by atoms with van der Waals surface area (Å²) in [5, 5.41) is 17.7. The van der Waals surface area contributed by atoms with Gasteiger partial charge in [0.15, 0.2) is 0 Å². The quantitative estimate of drug-likeness (QED) is 0.597. The van der Waals surface area contributed by atoms with Crippen LogP contribution in [0.3, 0.4) is 0 Å². The minimum Gasteiger partial charge on any atom is -0.548 e. The second-order valence-corrected chi connectivity index (χ2v) is 4.13. The Morgan fingerprint density at radius 2 is 1.44 bits per heavy atom. The third-order valence-electron chi connectivity index (χ3n) is 3.38. The maximum absolute atomic E-state index is 9.74. The van der Waals surface area contributed by atoms with Crippen LogP contribution in [-0.2, 0) is 9.59 Å². The zero-order chi connectivity index (χ0) is 14.8. The molecular formula is C12H26N2O4. The number of nitrogens with zero attached hydrogens (tertiary/aromatic N) is 1. The number of hydrogen-bond acceptors (Lipinski definition) is 4.